The van der Waals surface area contributed by atoms with E-state index in [2.05, 4.69) is 6.92 Å². The van der Waals surface area contributed by atoms with Crippen LogP contribution in [-0.4, -0.2) is 42.7 Å². The van der Waals surface area contributed by atoms with Gasteiger partial charge in [0.15, 0.2) is 23.2 Å². The van der Waals surface area contributed by atoms with E-state index in [0.717, 1.165) is 28.7 Å². The van der Waals surface area contributed by atoms with Crippen LogP contribution < -0.4 is 14.4 Å². The Bertz CT molecular complexity index is 2290. The third-order valence-electron chi connectivity index (χ3n) is 9.06. The summed E-state index contributed by atoms with van der Waals surface area (Å²) >= 11 is 1.31. The van der Waals surface area contributed by atoms with Crippen molar-refractivity contribution in [3.63, 3.8) is 0 Å². The second-order valence-corrected chi connectivity index (χ2v) is 13.5. The molecule has 0 fully saturated rings. The molecule has 0 aliphatic heterocycles. The second-order valence-electron chi connectivity index (χ2n) is 12.7. The molecule has 0 radical (unpaired) electrons. The molecule has 52 heavy (non-hydrogen) atoms. The quantitative estimate of drug-likeness (QED) is 0.131. The van der Waals surface area contributed by atoms with Crippen LogP contribution in [-0.2, 0) is 22.5 Å². The molecule has 262 valence electrons. The summed E-state index contributed by atoms with van der Waals surface area (Å²) in [6.07, 6.45) is 3.39. The van der Waals surface area contributed by atoms with E-state index in [9.17, 15) is 14.0 Å². The van der Waals surface area contributed by atoms with E-state index in [0.29, 0.717) is 56.5 Å². The fourth-order valence-electron chi connectivity index (χ4n) is 6.62. The summed E-state index contributed by atoms with van der Waals surface area (Å²) < 4.78 is 30.9. The van der Waals surface area contributed by atoms with E-state index in [1.54, 1.807) is 26.4 Å². The highest BCUT2D eigenvalue weighted by Gasteiger charge is 2.30. The van der Waals surface area contributed by atoms with E-state index in [1.807, 2.05) is 84.3 Å². The average Bonchev–Trinajstić information content (AvgIpc) is 3.66. The van der Waals surface area contributed by atoms with Gasteiger partial charge in [-0.15, -0.1) is 11.3 Å². The molecule has 2 heterocycles. The molecule has 1 aliphatic rings. The molecule has 0 spiro atoms. The van der Waals surface area contributed by atoms with Crippen molar-refractivity contribution in [3.8, 4) is 22.8 Å². The molecule has 4 aromatic carbocycles. The maximum absolute atomic E-state index is 14.2. The van der Waals surface area contributed by atoms with Crippen molar-refractivity contribution >= 4 is 50.9 Å². The molecule has 0 saturated heterocycles. The molecular formula is C42H36FN3O5S. The summed E-state index contributed by atoms with van der Waals surface area (Å²) in [4.78, 5) is 39.5. The van der Waals surface area contributed by atoms with Crippen molar-refractivity contribution in [1.29, 1.82) is 0 Å². The zero-order chi connectivity index (χ0) is 36.2. The summed E-state index contributed by atoms with van der Waals surface area (Å²) in [5.41, 5.74) is 6.66. The lowest BCUT2D eigenvalue weighted by atomic mass is 9.80. The van der Waals surface area contributed by atoms with Crippen molar-refractivity contribution in [2.24, 2.45) is 5.92 Å². The maximum Gasteiger partial charge on any atom is 0.339 e. The Morgan fingerprint density at radius 2 is 1.67 bits per heavy atom. The number of esters is 1. The van der Waals surface area contributed by atoms with Gasteiger partial charge in [0.2, 0.25) is 0 Å². The molecule has 10 heteroatoms. The Hall–Kier alpha value is -5.87. The number of hydrogen-bond acceptors (Lipinski definition) is 8. The van der Waals surface area contributed by atoms with Crippen LogP contribution in [0.25, 0.3) is 33.8 Å². The van der Waals surface area contributed by atoms with Gasteiger partial charge in [-0.1, -0.05) is 79.7 Å². The molecule has 8 nitrogen and oxygen atoms in total. The van der Waals surface area contributed by atoms with E-state index in [1.165, 1.54) is 28.4 Å². The van der Waals surface area contributed by atoms with Crippen molar-refractivity contribution < 1.29 is 28.2 Å². The molecule has 1 atom stereocenters. The number of para-hydroxylation sites is 2. The average molecular weight is 714 g/mol. The number of hydrogen-bond donors (Lipinski definition) is 0. The number of amides is 1. The Morgan fingerprint density at radius 1 is 0.904 bits per heavy atom. The molecule has 2 aromatic heterocycles. The minimum Gasteiger partial charge on any atom is -0.493 e. The number of halogens is 1. The van der Waals surface area contributed by atoms with Gasteiger partial charge in [-0.25, -0.2) is 19.2 Å². The first-order valence-electron chi connectivity index (χ1n) is 16.9. The predicted octanol–water partition coefficient (Wildman–Crippen LogP) is 9.03. The van der Waals surface area contributed by atoms with Gasteiger partial charge in [0.25, 0.3) is 5.91 Å². The molecule has 0 N–H and O–H groups in total. The third-order valence-corrected chi connectivity index (χ3v) is 9.92. The Morgan fingerprint density at radius 3 is 2.44 bits per heavy atom. The van der Waals surface area contributed by atoms with Gasteiger partial charge in [-0.2, -0.15) is 0 Å². The van der Waals surface area contributed by atoms with Crippen LogP contribution in [0.1, 0.15) is 46.1 Å². The largest absolute Gasteiger partial charge is 0.493 e. The number of thiazole rings is 1. The first-order valence-corrected chi connectivity index (χ1v) is 17.8. The Labute approximate surface area is 305 Å². The van der Waals surface area contributed by atoms with Crippen molar-refractivity contribution in [1.82, 2.24) is 9.97 Å². The van der Waals surface area contributed by atoms with E-state index in [4.69, 9.17) is 24.2 Å². The predicted molar refractivity (Wildman–Crippen MR) is 202 cm³/mol. The molecule has 0 bridgehead atoms. The first kappa shape index (κ1) is 34.6. The number of anilines is 1. The number of ether oxygens (including phenoxy) is 3. The van der Waals surface area contributed by atoms with Crippen LogP contribution in [0.5, 0.6) is 11.5 Å². The molecule has 1 unspecified atom stereocenters. The van der Waals surface area contributed by atoms with Gasteiger partial charge in [0.05, 0.1) is 43.2 Å². The number of methoxy groups -OCH3 is 2. The van der Waals surface area contributed by atoms with Crippen LogP contribution in [0.3, 0.4) is 0 Å². The highest BCUT2D eigenvalue weighted by Crippen LogP contribution is 2.41. The summed E-state index contributed by atoms with van der Waals surface area (Å²) in [7, 11) is 3.21. The maximum atomic E-state index is 14.2. The normalized spacial score (nSPS) is 14.5. The molecule has 6 aromatic rings. The summed E-state index contributed by atoms with van der Waals surface area (Å²) in [5.74, 6) is -0.0267. The Balaban J connectivity index is 1.22. The number of benzene rings is 4. The zero-order valence-corrected chi connectivity index (χ0v) is 29.8. The zero-order valence-electron chi connectivity index (χ0n) is 29.0. The fraction of sp³-hybridized carbons (Fsp3) is 0.190. The van der Waals surface area contributed by atoms with E-state index >= 15 is 0 Å². The van der Waals surface area contributed by atoms with Gasteiger partial charge in [0, 0.05) is 21.9 Å². The lowest BCUT2D eigenvalue weighted by Gasteiger charge is -2.27. The highest BCUT2D eigenvalue weighted by molar-refractivity contribution is 7.14. The highest BCUT2D eigenvalue weighted by atomic mass is 32.1. The van der Waals surface area contributed by atoms with Crippen LogP contribution in [0, 0.1) is 11.7 Å². The molecule has 1 aliphatic carbocycles. The molecule has 0 saturated carbocycles. The van der Waals surface area contributed by atoms with E-state index < -0.39 is 18.5 Å². The van der Waals surface area contributed by atoms with Crippen molar-refractivity contribution in [3.05, 3.63) is 136 Å². The van der Waals surface area contributed by atoms with Crippen LogP contribution in [0.15, 0.2) is 102 Å². The first-order chi connectivity index (χ1) is 25.3. The lowest BCUT2D eigenvalue weighted by Crippen LogP contribution is -2.34. The van der Waals surface area contributed by atoms with Crippen LogP contribution >= 0.6 is 11.3 Å². The number of carbonyl (C=O) groups excluding carboxylic acids is 2. The van der Waals surface area contributed by atoms with Gasteiger partial charge < -0.3 is 14.2 Å². The minimum atomic E-state index is -0.610. The van der Waals surface area contributed by atoms with Gasteiger partial charge in [-0.05, 0) is 65.8 Å². The van der Waals surface area contributed by atoms with Crippen molar-refractivity contribution in [2.45, 2.75) is 26.3 Å². The third kappa shape index (κ3) is 7.15. The van der Waals surface area contributed by atoms with Crippen molar-refractivity contribution in [2.75, 3.05) is 25.7 Å². The van der Waals surface area contributed by atoms with Crippen LogP contribution in [0.4, 0.5) is 9.52 Å². The number of pyridine rings is 1. The standard InChI is InChI=1S/C42H36FN3O5S/c1-26-20-30(22-29-12-9-15-36(49-2)40(29)50-3)39-33(21-26)38(32-13-7-8-14-34(32)44-39)41(48)51-24-37(47)46(23-27-16-18-31(43)19-17-27)42-45-35(25-52-42)28-10-5-4-6-11-28/h4-19,22,25-26H,20-21,23-24H2,1-3H3/b30-22+. The Kier molecular flexibility index (Phi) is 10.1. The number of nitrogens with zero attached hydrogens (tertiary/aromatic N) is 3. The SMILES string of the molecule is COc1cccc(/C=C2\CC(C)Cc3c2nc2ccccc2c3C(=O)OCC(=O)N(Cc2ccc(F)cc2)c2nc(-c3ccccc3)cs2)c1OC. The number of allylic oxidation sites excluding steroid dienone is 1. The van der Waals surface area contributed by atoms with Gasteiger partial charge in [0.1, 0.15) is 5.82 Å². The van der Waals surface area contributed by atoms with Gasteiger partial charge in [-0.3, -0.25) is 9.69 Å². The summed E-state index contributed by atoms with van der Waals surface area (Å²) in [6.45, 7) is 1.73. The number of aromatic nitrogens is 2. The van der Waals surface area contributed by atoms with E-state index in [-0.39, 0.29) is 18.3 Å². The molecule has 7 rings (SSSR count). The smallest absolute Gasteiger partial charge is 0.339 e. The number of rotatable bonds is 10. The summed E-state index contributed by atoms with van der Waals surface area (Å²) in [6, 6.07) is 28.8. The topological polar surface area (TPSA) is 90.9 Å². The van der Waals surface area contributed by atoms with Crippen LogP contribution in [0.2, 0.25) is 0 Å². The summed E-state index contributed by atoms with van der Waals surface area (Å²) in [5, 5.41) is 2.97. The minimum absolute atomic E-state index is 0.116. The fourth-order valence-corrected chi connectivity index (χ4v) is 7.47. The lowest BCUT2D eigenvalue weighted by molar-refractivity contribution is -0.121. The second kappa shape index (κ2) is 15.2. The molecule has 1 amide bonds. The molecular weight excluding hydrogens is 678 g/mol. The number of carbonyl (C=O) groups is 2. The number of fused-ring (bicyclic) bond motifs is 2. The van der Waals surface area contributed by atoms with Gasteiger partial charge >= 0.3 is 5.97 Å². The monoisotopic (exact) mass is 713 g/mol.